The number of alkyl halides is 3. The molecule has 3 heterocycles. The number of hydrogen-bond acceptors (Lipinski definition) is 5. The van der Waals surface area contributed by atoms with Gasteiger partial charge in [-0.05, 0) is 43.2 Å². The fourth-order valence-electron chi connectivity index (χ4n) is 4.85. The van der Waals surface area contributed by atoms with E-state index in [0.29, 0.717) is 39.0 Å². The third-order valence-electron chi connectivity index (χ3n) is 6.77. The van der Waals surface area contributed by atoms with Gasteiger partial charge in [0.15, 0.2) is 0 Å². The van der Waals surface area contributed by atoms with Crippen LogP contribution in [-0.2, 0) is 15.7 Å². The van der Waals surface area contributed by atoms with Crippen molar-refractivity contribution in [3.05, 3.63) is 59.9 Å². The summed E-state index contributed by atoms with van der Waals surface area (Å²) < 4.78 is 50.9. The Bertz CT molecular complexity index is 979. The number of carbonyl (C=O) groups is 1. The van der Waals surface area contributed by atoms with Gasteiger partial charge in [0.1, 0.15) is 17.4 Å². The molecule has 0 spiro atoms. The Morgan fingerprint density at radius 1 is 1.29 bits per heavy atom. The second-order valence-electron chi connectivity index (χ2n) is 8.80. The number of benzene rings is 1. The molecule has 0 radical (unpaired) electrons. The van der Waals surface area contributed by atoms with Crippen molar-refractivity contribution in [1.82, 2.24) is 9.88 Å². The zero-order valence-corrected chi connectivity index (χ0v) is 19.6. The molecule has 2 unspecified atom stereocenters. The van der Waals surface area contributed by atoms with Crippen molar-refractivity contribution in [3.8, 4) is 5.75 Å². The molecular weight excluding hydrogens is 471 g/mol. The van der Waals surface area contributed by atoms with Crippen LogP contribution >= 0.6 is 12.4 Å². The predicted molar refractivity (Wildman–Crippen MR) is 123 cm³/mol. The molecule has 1 aromatic heterocycles. The molecule has 186 valence electrons. The van der Waals surface area contributed by atoms with Gasteiger partial charge in [-0.2, -0.15) is 13.2 Å². The van der Waals surface area contributed by atoms with Crippen molar-refractivity contribution in [2.24, 2.45) is 5.73 Å². The summed E-state index contributed by atoms with van der Waals surface area (Å²) in [4.78, 5) is 19.2. The molecule has 34 heavy (non-hydrogen) atoms. The molecule has 4 rings (SSSR count). The number of nitrogens with zero attached hydrogens (tertiary/aromatic N) is 2. The van der Waals surface area contributed by atoms with Gasteiger partial charge in [-0.1, -0.05) is 19.1 Å². The molecule has 1 aromatic carbocycles. The van der Waals surface area contributed by atoms with Crippen molar-refractivity contribution < 1.29 is 27.4 Å². The van der Waals surface area contributed by atoms with Crippen LogP contribution in [0.4, 0.5) is 13.2 Å². The Balaban J connectivity index is 0.00000324. The predicted octanol–water partition coefficient (Wildman–Crippen LogP) is 4.18. The molecule has 2 aliphatic rings. The maximum absolute atomic E-state index is 13.0. The number of halogens is 4. The Hall–Kier alpha value is -2.36. The molecule has 2 N–H and O–H groups in total. The van der Waals surface area contributed by atoms with Crippen LogP contribution in [0.5, 0.6) is 5.75 Å². The van der Waals surface area contributed by atoms with Crippen molar-refractivity contribution in [1.29, 1.82) is 0 Å². The maximum atomic E-state index is 13.0. The molecule has 2 aromatic rings. The fourth-order valence-corrected chi connectivity index (χ4v) is 4.85. The number of nitrogens with two attached hydrogens (primary N) is 1. The van der Waals surface area contributed by atoms with Crippen molar-refractivity contribution in [3.63, 3.8) is 0 Å². The molecule has 10 heteroatoms. The van der Waals surface area contributed by atoms with E-state index < -0.39 is 23.2 Å². The van der Waals surface area contributed by atoms with Gasteiger partial charge < -0.3 is 15.2 Å². The number of ether oxygens (including phenoxy) is 2. The van der Waals surface area contributed by atoms with E-state index in [9.17, 15) is 18.0 Å². The van der Waals surface area contributed by atoms with E-state index in [4.69, 9.17) is 15.2 Å². The first-order chi connectivity index (χ1) is 15.7. The van der Waals surface area contributed by atoms with Gasteiger partial charge in [0.05, 0.1) is 11.7 Å². The van der Waals surface area contributed by atoms with Crippen molar-refractivity contribution in [2.45, 2.75) is 56.0 Å². The highest BCUT2D eigenvalue weighted by Crippen LogP contribution is 2.39. The first-order valence-electron chi connectivity index (χ1n) is 11.1. The first-order valence-corrected chi connectivity index (χ1v) is 11.1. The highest BCUT2D eigenvalue weighted by Gasteiger charge is 2.50. The number of likely N-dealkylation sites (tertiary alicyclic amines) is 1. The lowest BCUT2D eigenvalue weighted by atomic mass is 9.80. The molecule has 2 aliphatic heterocycles. The molecule has 4 atom stereocenters. The standard InChI is InChI=1S/C24H28F3N3O3.ClH/c1-16(20-7-2-3-10-29-20)21-14-23(22(28)31,9-12-32-21)30-11-8-19(15-30)33-18-6-4-5-17(13-18)24(25,26)27;/h2-7,10,13,16,19,21H,8-9,11-12,14-15H2,1H3,(H2,28,31);1H/t16-,19+,21?,23?;/m0./s1. The van der Waals surface area contributed by atoms with Crippen LogP contribution in [0.2, 0.25) is 0 Å². The van der Waals surface area contributed by atoms with Crippen LogP contribution in [-0.4, -0.2) is 53.2 Å². The minimum absolute atomic E-state index is 0. The Morgan fingerprint density at radius 2 is 2.09 bits per heavy atom. The summed E-state index contributed by atoms with van der Waals surface area (Å²) in [5, 5.41) is 0. The minimum atomic E-state index is -4.43. The lowest BCUT2D eigenvalue weighted by molar-refractivity contribution is -0.143. The van der Waals surface area contributed by atoms with Gasteiger partial charge in [0.25, 0.3) is 0 Å². The quantitative estimate of drug-likeness (QED) is 0.645. The highest BCUT2D eigenvalue weighted by molar-refractivity contribution is 5.85. The van der Waals surface area contributed by atoms with Gasteiger partial charge in [0.2, 0.25) is 5.91 Å². The van der Waals surface area contributed by atoms with Gasteiger partial charge in [0, 0.05) is 43.9 Å². The molecular formula is C24H29ClF3N3O3. The first kappa shape index (κ1) is 26.2. The average molecular weight is 500 g/mol. The molecule has 6 nitrogen and oxygen atoms in total. The monoisotopic (exact) mass is 499 g/mol. The SMILES string of the molecule is C[C@@H](c1ccccn1)C1CC(C(N)=O)(N2CC[C@@H](Oc3cccc(C(F)(F)F)c3)C2)CCO1.Cl. The summed E-state index contributed by atoms with van der Waals surface area (Å²) in [6, 6.07) is 10.6. The lowest BCUT2D eigenvalue weighted by Crippen LogP contribution is -2.61. The Morgan fingerprint density at radius 3 is 2.76 bits per heavy atom. The molecule has 1 amide bonds. The lowest BCUT2D eigenvalue weighted by Gasteiger charge is -2.45. The van der Waals surface area contributed by atoms with Crippen molar-refractivity contribution in [2.75, 3.05) is 19.7 Å². The number of pyridine rings is 1. The average Bonchev–Trinajstić information content (AvgIpc) is 3.27. The van der Waals surface area contributed by atoms with E-state index in [1.807, 2.05) is 30.0 Å². The number of carbonyl (C=O) groups excluding carboxylic acids is 1. The summed E-state index contributed by atoms with van der Waals surface area (Å²) in [5.41, 5.74) is 5.17. The van der Waals surface area contributed by atoms with Crippen LogP contribution in [0.1, 0.15) is 43.4 Å². The van der Waals surface area contributed by atoms with Gasteiger partial charge in [-0.25, -0.2) is 0 Å². The summed E-state index contributed by atoms with van der Waals surface area (Å²) in [6.45, 7) is 3.38. The molecule has 0 bridgehead atoms. The van der Waals surface area contributed by atoms with E-state index >= 15 is 0 Å². The van der Waals surface area contributed by atoms with Crippen molar-refractivity contribution >= 4 is 18.3 Å². The minimum Gasteiger partial charge on any atom is -0.489 e. The van der Waals surface area contributed by atoms with E-state index in [0.717, 1.165) is 17.8 Å². The smallest absolute Gasteiger partial charge is 0.416 e. The molecule has 2 saturated heterocycles. The van der Waals surface area contributed by atoms with E-state index in [-0.39, 0.29) is 36.3 Å². The summed E-state index contributed by atoms with van der Waals surface area (Å²) in [7, 11) is 0. The van der Waals surface area contributed by atoms with Crippen LogP contribution in [0.15, 0.2) is 48.7 Å². The number of aromatic nitrogens is 1. The maximum Gasteiger partial charge on any atom is 0.416 e. The normalized spacial score (nSPS) is 26.5. The number of rotatable bonds is 6. The van der Waals surface area contributed by atoms with Crippen LogP contribution in [0.25, 0.3) is 0 Å². The molecule has 0 saturated carbocycles. The van der Waals surface area contributed by atoms with Gasteiger partial charge >= 0.3 is 6.18 Å². The largest absolute Gasteiger partial charge is 0.489 e. The van der Waals surface area contributed by atoms with Crippen LogP contribution < -0.4 is 10.5 Å². The van der Waals surface area contributed by atoms with E-state index in [1.165, 1.54) is 12.1 Å². The Labute approximate surface area is 203 Å². The van der Waals surface area contributed by atoms with Gasteiger partial charge in [-0.15, -0.1) is 12.4 Å². The number of primary amides is 1. The van der Waals surface area contributed by atoms with Crippen LogP contribution in [0, 0.1) is 0 Å². The molecule has 0 aliphatic carbocycles. The summed E-state index contributed by atoms with van der Waals surface area (Å²) in [6.07, 6.45) is -1.79. The van der Waals surface area contributed by atoms with Gasteiger partial charge in [-0.3, -0.25) is 14.7 Å². The topological polar surface area (TPSA) is 77.7 Å². The highest BCUT2D eigenvalue weighted by atomic mass is 35.5. The Kier molecular flexibility index (Phi) is 8.10. The number of hydrogen-bond donors (Lipinski definition) is 1. The fraction of sp³-hybridized carbons (Fsp3) is 0.500. The zero-order chi connectivity index (χ0) is 23.6. The third-order valence-corrected chi connectivity index (χ3v) is 6.77. The molecule has 2 fully saturated rings. The zero-order valence-electron chi connectivity index (χ0n) is 18.8. The second kappa shape index (κ2) is 10.5. The summed E-state index contributed by atoms with van der Waals surface area (Å²) in [5.74, 6) is -0.271. The summed E-state index contributed by atoms with van der Waals surface area (Å²) >= 11 is 0. The van der Waals surface area contributed by atoms with E-state index in [2.05, 4.69) is 4.98 Å². The van der Waals surface area contributed by atoms with Crippen LogP contribution in [0.3, 0.4) is 0 Å². The van der Waals surface area contributed by atoms with E-state index in [1.54, 1.807) is 6.20 Å². The third kappa shape index (κ3) is 5.47. The number of amides is 1. The second-order valence-corrected chi connectivity index (χ2v) is 8.80.